The molecular formula is C21H15BrN2O4S. The number of nitrogens with zero attached hydrogens (tertiary/aromatic N) is 1. The van der Waals surface area contributed by atoms with Gasteiger partial charge in [0.1, 0.15) is 5.75 Å². The van der Waals surface area contributed by atoms with E-state index in [9.17, 15) is 14.4 Å². The Morgan fingerprint density at radius 1 is 1.24 bits per heavy atom. The lowest BCUT2D eigenvalue weighted by atomic mass is 10.2. The average molecular weight is 471 g/mol. The molecule has 1 N–H and O–H groups in total. The maximum Gasteiger partial charge on any atom is 0.294 e. The molecule has 2 aromatic carbocycles. The Bertz CT molecular complexity index is 1030. The molecule has 1 aliphatic heterocycles. The number of carbonyl (C=O) groups excluding carboxylic acids is 3. The first kappa shape index (κ1) is 20.7. The van der Waals surface area contributed by atoms with E-state index in [1.54, 1.807) is 36.4 Å². The fourth-order valence-electron chi connectivity index (χ4n) is 2.46. The lowest BCUT2D eigenvalue weighted by Crippen LogP contribution is -2.28. The van der Waals surface area contributed by atoms with E-state index < -0.39 is 5.91 Å². The minimum atomic E-state index is -0.410. The van der Waals surface area contributed by atoms with Crippen molar-refractivity contribution < 1.29 is 19.1 Å². The summed E-state index contributed by atoms with van der Waals surface area (Å²) in [6.45, 7) is -0.207. The molecule has 0 saturated carbocycles. The normalized spacial score (nSPS) is 14.8. The van der Waals surface area contributed by atoms with E-state index in [1.165, 1.54) is 0 Å². The number of nitrogens with one attached hydrogen (secondary N) is 1. The molecule has 0 radical (unpaired) electrons. The number of hydrogen-bond donors (Lipinski definition) is 1. The highest BCUT2D eigenvalue weighted by atomic mass is 79.9. The number of halogens is 1. The van der Waals surface area contributed by atoms with Gasteiger partial charge in [0.25, 0.3) is 17.1 Å². The molecular weight excluding hydrogens is 456 g/mol. The average Bonchev–Trinajstić information content (AvgIpc) is 2.96. The molecule has 0 atom stereocenters. The van der Waals surface area contributed by atoms with Gasteiger partial charge in [-0.05, 0) is 63.6 Å². The van der Waals surface area contributed by atoms with Crippen molar-refractivity contribution in [1.82, 2.24) is 4.90 Å². The number of rotatable bonds is 6. The summed E-state index contributed by atoms with van der Waals surface area (Å²) in [5.74, 6) is 2.08. The van der Waals surface area contributed by atoms with Gasteiger partial charge in [0.2, 0.25) is 0 Å². The number of para-hydroxylation sites is 1. The van der Waals surface area contributed by atoms with Crippen LogP contribution in [0.25, 0.3) is 6.08 Å². The van der Waals surface area contributed by atoms with Gasteiger partial charge in [-0.1, -0.05) is 30.2 Å². The monoisotopic (exact) mass is 470 g/mol. The third-order valence-corrected chi connectivity index (χ3v) is 5.32. The van der Waals surface area contributed by atoms with Gasteiger partial charge in [-0.25, -0.2) is 0 Å². The molecule has 0 aliphatic carbocycles. The van der Waals surface area contributed by atoms with Crippen LogP contribution in [0.5, 0.6) is 5.75 Å². The molecule has 6 nitrogen and oxygen atoms in total. The summed E-state index contributed by atoms with van der Waals surface area (Å²) in [5, 5.41) is 2.35. The van der Waals surface area contributed by atoms with Crippen LogP contribution in [0.4, 0.5) is 10.5 Å². The predicted molar refractivity (Wildman–Crippen MR) is 116 cm³/mol. The number of amides is 3. The Balaban J connectivity index is 1.63. The van der Waals surface area contributed by atoms with E-state index in [0.717, 1.165) is 16.7 Å². The van der Waals surface area contributed by atoms with Crippen molar-refractivity contribution in [2.45, 2.75) is 0 Å². The molecule has 1 fully saturated rings. The highest BCUT2D eigenvalue weighted by Gasteiger charge is 2.34. The van der Waals surface area contributed by atoms with Crippen LogP contribution < -0.4 is 10.1 Å². The molecule has 146 valence electrons. The van der Waals surface area contributed by atoms with E-state index in [-0.39, 0.29) is 24.3 Å². The summed E-state index contributed by atoms with van der Waals surface area (Å²) in [6.07, 6.45) is 6.80. The van der Waals surface area contributed by atoms with Crippen LogP contribution >= 0.6 is 27.7 Å². The summed E-state index contributed by atoms with van der Waals surface area (Å²) in [4.78, 5) is 37.4. The first-order valence-electron chi connectivity index (χ1n) is 8.44. The maximum absolute atomic E-state index is 12.2. The van der Waals surface area contributed by atoms with Gasteiger partial charge < -0.3 is 10.1 Å². The number of ether oxygens (including phenoxy) is 1. The standard InChI is InChI=1S/C21H15BrN2O4S/c1-2-10-24-20(26)18(29-21(24)27)12-14-8-9-17(16(22)11-14)28-13-19(25)23-15-6-4-3-5-7-15/h1,3-9,11-12H,10,13H2,(H,23,25). The van der Waals surface area contributed by atoms with Crippen LogP contribution in [0, 0.1) is 12.3 Å². The van der Waals surface area contributed by atoms with Crippen molar-refractivity contribution >= 4 is 56.5 Å². The number of thioether (sulfide) groups is 1. The maximum atomic E-state index is 12.2. The summed E-state index contributed by atoms with van der Waals surface area (Å²) < 4.78 is 6.16. The topological polar surface area (TPSA) is 75.7 Å². The first-order chi connectivity index (χ1) is 14.0. The molecule has 0 unspecified atom stereocenters. The first-order valence-corrected chi connectivity index (χ1v) is 10.0. The fraction of sp³-hybridized carbons (Fsp3) is 0.0952. The molecule has 1 heterocycles. The Hall–Kier alpha value is -3.02. The number of hydrogen-bond acceptors (Lipinski definition) is 5. The van der Waals surface area contributed by atoms with E-state index in [4.69, 9.17) is 11.2 Å². The van der Waals surface area contributed by atoms with E-state index in [2.05, 4.69) is 27.2 Å². The number of carbonyl (C=O) groups is 3. The summed E-state index contributed by atoms with van der Waals surface area (Å²) in [6, 6.07) is 14.2. The van der Waals surface area contributed by atoms with Crippen LogP contribution in [-0.4, -0.2) is 35.1 Å². The van der Waals surface area contributed by atoms with Crippen molar-refractivity contribution in [2.75, 3.05) is 18.5 Å². The molecule has 1 saturated heterocycles. The van der Waals surface area contributed by atoms with Crippen LogP contribution in [0.15, 0.2) is 57.9 Å². The minimum Gasteiger partial charge on any atom is -0.483 e. The molecule has 0 aromatic heterocycles. The largest absolute Gasteiger partial charge is 0.483 e. The second kappa shape index (κ2) is 9.45. The van der Waals surface area contributed by atoms with Crippen molar-refractivity contribution in [3.8, 4) is 18.1 Å². The fourth-order valence-corrected chi connectivity index (χ4v) is 3.81. The zero-order valence-corrected chi connectivity index (χ0v) is 17.5. The Morgan fingerprint density at radius 2 is 2.00 bits per heavy atom. The molecule has 8 heteroatoms. The Kier molecular flexibility index (Phi) is 6.75. The van der Waals surface area contributed by atoms with Crippen LogP contribution in [0.1, 0.15) is 5.56 Å². The third kappa shape index (κ3) is 5.28. The Labute approximate surface area is 180 Å². The number of imide groups is 1. The SMILES string of the molecule is C#CCN1C(=O)SC(=Cc2ccc(OCC(=O)Nc3ccccc3)c(Br)c2)C1=O. The molecule has 3 amide bonds. The highest BCUT2D eigenvalue weighted by Crippen LogP contribution is 2.33. The zero-order chi connectivity index (χ0) is 20.8. The van der Waals surface area contributed by atoms with Crippen molar-refractivity contribution in [3.63, 3.8) is 0 Å². The minimum absolute atomic E-state index is 0.0521. The molecule has 29 heavy (non-hydrogen) atoms. The van der Waals surface area contributed by atoms with Gasteiger partial charge in [-0.2, -0.15) is 0 Å². The Morgan fingerprint density at radius 3 is 2.69 bits per heavy atom. The molecule has 3 rings (SSSR count). The summed E-state index contributed by atoms with van der Waals surface area (Å²) in [7, 11) is 0. The zero-order valence-electron chi connectivity index (χ0n) is 15.1. The van der Waals surface area contributed by atoms with E-state index in [0.29, 0.717) is 26.4 Å². The van der Waals surface area contributed by atoms with Crippen LogP contribution in [-0.2, 0) is 9.59 Å². The van der Waals surface area contributed by atoms with Gasteiger partial charge in [0.15, 0.2) is 6.61 Å². The second-order valence-electron chi connectivity index (χ2n) is 5.86. The van der Waals surface area contributed by atoms with Gasteiger partial charge in [0.05, 0.1) is 15.9 Å². The lowest BCUT2D eigenvalue weighted by molar-refractivity contribution is -0.122. The van der Waals surface area contributed by atoms with Crippen LogP contribution in [0.2, 0.25) is 0 Å². The smallest absolute Gasteiger partial charge is 0.294 e. The van der Waals surface area contributed by atoms with Crippen LogP contribution in [0.3, 0.4) is 0 Å². The van der Waals surface area contributed by atoms with Crippen molar-refractivity contribution in [2.24, 2.45) is 0 Å². The van der Waals surface area contributed by atoms with E-state index >= 15 is 0 Å². The van der Waals surface area contributed by atoms with Gasteiger partial charge >= 0.3 is 0 Å². The van der Waals surface area contributed by atoms with Gasteiger partial charge in [-0.3, -0.25) is 19.3 Å². The number of anilines is 1. The predicted octanol–water partition coefficient (Wildman–Crippen LogP) is 4.14. The molecule has 2 aromatic rings. The number of terminal acetylenes is 1. The summed E-state index contributed by atoms with van der Waals surface area (Å²) >= 11 is 4.24. The third-order valence-electron chi connectivity index (χ3n) is 3.79. The quantitative estimate of drug-likeness (QED) is 0.507. The molecule has 1 aliphatic rings. The molecule has 0 spiro atoms. The highest BCUT2D eigenvalue weighted by molar-refractivity contribution is 9.10. The summed E-state index contributed by atoms with van der Waals surface area (Å²) in [5.41, 5.74) is 1.39. The van der Waals surface area contributed by atoms with E-state index in [1.807, 2.05) is 18.2 Å². The van der Waals surface area contributed by atoms with Gasteiger partial charge in [-0.15, -0.1) is 6.42 Å². The number of benzene rings is 2. The van der Waals surface area contributed by atoms with Gasteiger partial charge in [0, 0.05) is 5.69 Å². The second-order valence-corrected chi connectivity index (χ2v) is 7.71. The lowest BCUT2D eigenvalue weighted by Gasteiger charge is -2.10. The molecule has 0 bridgehead atoms. The van der Waals surface area contributed by atoms with Crippen molar-refractivity contribution in [3.05, 3.63) is 63.5 Å². The van der Waals surface area contributed by atoms with Crippen molar-refractivity contribution in [1.29, 1.82) is 0 Å².